The van der Waals surface area contributed by atoms with E-state index in [1.54, 1.807) is 13.8 Å². The van der Waals surface area contributed by atoms with Gasteiger partial charge in [-0.25, -0.2) is 0 Å². The number of hydrogen-bond acceptors (Lipinski definition) is 3. The van der Waals surface area contributed by atoms with Gasteiger partial charge in [0, 0.05) is 0 Å². The van der Waals surface area contributed by atoms with Gasteiger partial charge in [0.25, 0.3) is 0 Å². The maximum absolute atomic E-state index is 10.7. The second kappa shape index (κ2) is 9.53. The summed E-state index contributed by atoms with van der Waals surface area (Å²) in [5, 5.41) is 29.6. The van der Waals surface area contributed by atoms with Crippen molar-refractivity contribution in [1.29, 1.82) is 0 Å². The molecule has 0 aliphatic heterocycles. The lowest BCUT2D eigenvalue weighted by atomic mass is 9.73. The Labute approximate surface area is 230 Å². The Bertz CT molecular complexity index is 1750. The summed E-state index contributed by atoms with van der Waals surface area (Å²) in [5.74, 6) is 0. The van der Waals surface area contributed by atoms with Crippen LogP contribution in [0.1, 0.15) is 27.7 Å². The number of aliphatic hydroxyl groups is 1. The van der Waals surface area contributed by atoms with Crippen molar-refractivity contribution in [2.24, 2.45) is 0 Å². The first-order valence-corrected chi connectivity index (χ1v) is 13.3. The molecule has 0 atom stereocenters. The van der Waals surface area contributed by atoms with Crippen LogP contribution in [0.15, 0.2) is 97.1 Å². The lowest BCUT2D eigenvalue weighted by molar-refractivity contribution is -0.0892. The first-order valence-electron chi connectivity index (χ1n) is 13.3. The van der Waals surface area contributed by atoms with Gasteiger partial charge >= 0.3 is 15.0 Å². The number of hydrogen-bond donors (Lipinski definition) is 2. The predicted octanol–water partition coefficient (Wildman–Crippen LogP) is 6.01. The van der Waals surface area contributed by atoms with Crippen molar-refractivity contribution >= 4 is 69.0 Å². The zero-order valence-corrected chi connectivity index (χ0v) is 22.7. The zero-order chi connectivity index (χ0) is 27.4. The maximum Gasteiger partial charge on any atom is 0.332 e. The van der Waals surface area contributed by atoms with Crippen molar-refractivity contribution in [3.63, 3.8) is 0 Å². The van der Waals surface area contributed by atoms with Gasteiger partial charge in [0.1, 0.15) is 0 Å². The molecule has 6 rings (SSSR count). The van der Waals surface area contributed by atoms with Crippen molar-refractivity contribution in [2.75, 3.05) is 0 Å². The average molecular weight is 508 g/mol. The highest BCUT2D eigenvalue weighted by atomic mass is 16.5. The molecule has 39 heavy (non-hydrogen) atoms. The molecule has 2 radical (unpaired) electrons. The number of rotatable bonds is 6. The number of fused-ring (bicyclic) bond motifs is 4. The lowest BCUT2D eigenvalue weighted by Crippen LogP contribution is -2.49. The van der Waals surface area contributed by atoms with Crippen LogP contribution in [0.5, 0.6) is 0 Å². The first kappa shape index (κ1) is 25.6. The van der Waals surface area contributed by atoms with Gasteiger partial charge in [-0.05, 0) is 92.8 Å². The molecule has 0 fully saturated rings. The van der Waals surface area contributed by atoms with E-state index in [0.717, 1.165) is 65.1 Å². The Morgan fingerprint density at radius 3 is 1.13 bits per heavy atom. The van der Waals surface area contributed by atoms with Crippen LogP contribution in [0.2, 0.25) is 0 Å². The van der Waals surface area contributed by atoms with Crippen LogP contribution in [0, 0.1) is 0 Å². The minimum atomic E-state index is -1.03. The molecule has 3 nitrogen and oxygen atoms in total. The zero-order valence-electron chi connectivity index (χ0n) is 22.7. The molecule has 0 aliphatic carbocycles. The van der Waals surface area contributed by atoms with Gasteiger partial charge < -0.3 is 14.8 Å². The third-order valence-corrected chi connectivity index (χ3v) is 8.27. The van der Waals surface area contributed by atoms with Crippen molar-refractivity contribution < 1.29 is 14.8 Å². The Hall–Kier alpha value is -3.63. The Morgan fingerprint density at radius 1 is 0.513 bits per heavy atom. The van der Waals surface area contributed by atoms with Gasteiger partial charge in [0.15, 0.2) is 0 Å². The highest BCUT2D eigenvalue weighted by Crippen LogP contribution is 2.42. The topological polar surface area (TPSA) is 49.7 Å². The van der Waals surface area contributed by atoms with Crippen molar-refractivity contribution in [1.82, 2.24) is 0 Å². The van der Waals surface area contributed by atoms with Crippen LogP contribution in [0.4, 0.5) is 0 Å². The Morgan fingerprint density at radius 2 is 0.821 bits per heavy atom. The molecule has 0 saturated heterocycles. The van der Waals surface area contributed by atoms with E-state index in [-0.39, 0.29) is 0 Å². The van der Waals surface area contributed by atoms with E-state index in [9.17, 15) is 10.1 Å². The van der Waals surface area contributed by atoms with Crippen LogP contribution >= 0.6 is 0 Å². The van der Waals surface area contributed by atoms with E-state index in [0.29, 0.717) is 0 Å². The summed E-state index contributed by atoms with van der Waals surface area (Å²) in [5.41, 5.74) is 2.28. The molecule has 6 aromatic rings. The molecule has 6 aromatic carbocycles. The standard InChI is InChI=1S/C34H30B2O3/c1-33(2,37)34(3,4)39-36-32-27-19-11-7-15-23(27)30(24-16-8-12-20-28(24)32)29-21-13-5-9-17-25(21)31(35-38)26-18-10-6-14-22(26)29/h5-20,37-38H,1-4H3. The molecule has 0 saturated carbocycles. The first-order chi connectivity index (χ1) is 18.7. The highest BCUT2D eigenvalue weighted by molar-refractivity contribution is 6.58. The second-order valence-electron chi connectivity index (χ2n) is 11.2. The summed E-state index contributed by atoms with van der Waals surface area (Å²) in [6.07, 6.45) is 0. The summed E-state index contributed by atoms with van der Waals surface area (Å²) in [7, 11) is 3.04. The van der Waals surface area contributed by atoms with Gasteiger partial charge in [-0.2, -0.15) is 0 Å². The molecule has 0 spiro atoms. The second-order valence-corrected chi connectivity index (χ2v) is 11.2. The summed E-state index contributed by atoms with van der Waals surface area (Å²) >= 11 is 0. The third-order valence-electron chi connectivity index (χ3n) is 8.27. The minimum absolute atomic E-state index is 0.795. The summed E-state index contributed by atoms with van der Waals surface area (Å²) in [4.78, 5) is 0. The predicted molar refractivity (Wildman–Crippen MR) is 166 cm³/mol. The van der Waals surface area contributed by atoms with Crippen LogP contribution in [-0.2, 0) is 4.65 Å². The van der Waals surface area contributed by atoms with E-state index < -0.39 is 11.2 Å². The normalized spacial score (nSPS) is 12.5. The average Bonchev–Trinajstić information content (AvgIpc) is 2.94. The molecule has 190 valence electrons. The Balaban J connectivity index is 1.74. The summed E-state index contributed by atoms with van der Waals surface area (Å²) in [6, 6.07) is 33.5. The molecule has 5 heteroatoms. The van der Waals surface area contributed by atoms with Crippen LogP contribution < -0.4 is 10.9 Å². The smallest absolute Gasteiger partial charge is 0.332 e. The monoisotopic (exact) mass is 508 g/mol. The van der Waals surface area contributed by atoms with Gasteiger partial charge in [-0.3, -0.25) is 0 Å². The fourth-order valence-corrected chi connectivity index (χ4v) is 5.48. The van der Waals surface area contributed by atoms with Gasteiger partial charge in [0.2, 0.25) is 0 Å². The fourth-order valence-electron chi connectivity index (χ4n) is 5.48. The summed E-state index contributed by atoms with van der Waals surface area (Å²) < 4.78 is 6.31. The van der Waals surface area contributed by atoms with E-state index in [2.05, 4.69) is 84.9 Å². The van der Waals surface area contributed by atoms with E-state index in [1.165, 1.54) is 7.48 Å². The minimum Gasteiger partial charge on any atom is -0.450 e. The largest absolute Gasteiger partial charge is 0.450 e. The molecular formula is C34H30B2O3. The maximum atomic E-state index is 10.7. The molecule has 0 aromatic heterocycles. The van der Waals surface area contributed by atoms with Gasteiger partial charge in [0.05, 0.1) is 11.2 Å². The molecule has 0 bridgehead atoms. The van der Waals surface area contributed by atoms with Crippen LogP contribution in [0.3, 0.4) is 0 Å². The van der Waals surface area contributed by atoms with Crippen molar-refractivity contribution in [3.05, 3.63) is 97.1 Å². The highest BCUT2D eigenvalue weighted by Gasteiger charge is 2.36. The van der Waals surface area contributed by atoms with E-state index >= 15 is 0 Å². The molecule has 2 N–H and O–H groups in total. The molecule has 0 aliphatic rings. The quantitative estimate of drug-likeness (QED) is 0.214. The molecule has 0 heterocycles. The number of benzene rings is 6. The molecule has 0 unspecified atom stereocenters. The van der Waals surface area contributed by atoms with Crippen molar-refractivity contribution in [3.8, 4) is 11.1 Å². The van der Waals surface area contributed by atoms with E-state index in [4.69, 9.17) is 4.65 Å². The van der Waals surface area contributed by atoms with Gasteiger partial charge in [-0.1, -0.05) is 97.1 Å². The molecular weight excluding hydrogens is 478 g/mol. The SMILES string of the molecule is CC(C)(O)C(C)(C)O[B]c1c2ccccc2c(-c2c3ccccc3c([B]O)c3ccccc23)c2ccccc12. The summed E-state index contributed by atoms with van der Waals surface area (Å²) in [6.45, 7) is 7.34. The third kappa shape index (κ3) is 4.13. The van der Waals surface area contributed by atoms with Crippen LogP contribution in [0.25, 0.3) is 54.2 Å². The van der Waals surface area contributed by atoms with Crippen LogP contribution in [-0.4, -0.2) is 36.3 Å². The van der Waals surface area contributed by atoms with Crippen molar-refractivity contribution in [2.45, 2.75) is 38.9 Å². The fraction of sp³-hybridized carbons (Fsp3) is 0.176. The lowest BCUT2D eigenvalue weighted by Gasteiger charge is -2.37. The molecule has 0 amide bonds. The van der Waals surface area contributed by atoms with E-state index in [1.807, 2.05) is 33.5 Å². The van der Waals surface area contributed by atoms with Gasteiger partial charge in [-0.15, -0.1) is 0 Å². The Kier molecular flexibility index (Phi) is 6.27.